The van der Waals surface area contributed by atoms with Crippen LogP contribution in [0, 0.1) is 27.7 Å². The van der Waals surface area contributed by atoms with Crippen molar-refractivity contribution in [3.05, 3.63) is 131 Å². The summed E-state index contributed by atoms with van der Waals surface area (Å²) in [5, 5.41) is 5.92. The Hall–Kier alpha value is -8.40. The minimum absolute atomic E-state index is 0.404. The van der Waals surface area contributed by atoms with E-state index >= 15 is 0 Å². The molecule has 0 aliphatic heterocycles. The number of hydrogen-bond acceptors (Lipinski definition) is 10. The third-order valence-corrected chi connectivity index (χ3v) is 14.9. The minimum Gasteiger partial charge on any atom is -0.444 e. The van der Waals surface area contributed by atoms with Crippen LogP contribution in [0.25, 0.3) is 55.5 Å². The first-order valence-electron chi connectivity index (χ1n) is 31.2. The molecule has 6 aromatic carbocycles. The van der Waals surface area contributed by atoms with Gasteiger partial charge in [0.25, 0.3) is 0 Å². The largest absolute Gasteiger partial charge is 0.444 e. The second kappa shape index (κ2) is 27.3. The summed E-state index contributed by atoms with van der Waals surface area (Å²) < 4.78 is 27.7. The van der Waals surface area contributed by atoms with Gasteiger partial charge in [-0.1, -0.05) is 87.8 Å². The third-order valence-electron chi connectivity index (χ3n) is 14.9. The number of para-hydroxylation sites is 2. The van der Waals surface area contributed by atoms with Crippen LogP contribution in [0.1, 0.15) is 170 Å². The van der Waals surface area contributed by atoms with Crippen LogP contribution in [0.5, 0.6) is 0 Å². The van der Waals surface area contributed by atoms with Gasteiger partial charge in [0, 0.05) is 61.1 Å². The van der Waals surface area contributed by atoms with Gasteiger partial charge in [0.1, 0.15) is 44.5 Å². The van der Waals surface area contributed by atoms with Crippen molar-refractivity contribution < 1.29 is 47.3 Å². The van der Waals surface area contributed by atoms with Gasteiger partial charge in [0.2, 0.25) is 33.4 Å². The molecule has 466 valence electrons. The molecule has 0 saturated heterocycles. The zero-order valence-electron chi connectivity index (χ0n) is 54.8. The van der Waals surface area contributed by atoms with Crippen molar-refractivity contribution in [1.29, 1.82) is 0 Å². The Balaban J connectivity index is 0.922. The first-order chi connectivity index (χ1) is 41.4. The number of rotatable bonds is 19. The fourth-order valence-electron chi connectivity index (χ4n) is 11.0. The van der Waals surface area contributed by atoms with Crippen molar-refractivity contribution in [2.45, 2.75) is 197 Å². The number of benzene rings is 6. The van der Waals surface area contributed by atoms with Crippen molar-refractivity contribution in [3.63, 3.8) is 0 Å². The number of nitrogens with one attached hydrogen (secondary N) is 2. The van der Waals surface area contributed by atoms with E-state index in [1.165, 1.54) is 0 Å². The number of amides is 4. The van der Waals surface area contributed by atoms with E-state index in [2.05, 4.69) is 19.8 Å². The fourth-order valence-corrected chi connectivity index (χ4v) is 11.0. The van der Waals surface area contributed by atoms with Gasteiger partial charge in [-0.2, -0.15) is 0 Å². The van der Waals surface area contributed by atoms with E-state index in [4.69, 9.17) is 28.9 Å². The Bertz CT molecular complexity index is 3780. The highest BCUT2D eigenvalue weighted by atomic mass is 16.6. The van der Waals surface area contributed by atoms with Gasteiger partial charge in [-0.15, -0.1) is 9.13 Å². The summed E-state index contributed by atoms with van der Waals surface area (Å²) in [6.07, 6.45) is 8.07. The molecule has 0 fully saturated rings. The number of carbonyl (C=O) groups is 4. The van der Waals surface area contributed by atoms with Crippen LogP contribution in [-0.2, 0) is 18.9 Å². The van der Waals surface area contributed by atoms with Crippen LogP contribution in [0.3, 0.4) is 0 Å². The number of aryl methyl sites for hydroxylation is 4. The molecule has 0 aliphatic carbocycles. The lowest BCUT2D eigenvalue weighted by molar-refractivity contribution is -0.538. The number of hydrogen-bond donors (Lipinski definition) is 2. The molecule has 0 aliphatic rings. The molecule has 88 heavy (non-hydrogen) atoms. The Kier molecular flexibility index (Phi) is 20.4. The molecule has 4 amide bonds. The van der Waals surface area contributed by atoms with E-state index in [1.807, 2.05) is 220 Å². The van der Waals surface area contributed by atoms with Crippen molar-refractivity contribution in [2.75, 3.05) is 33.5 Å². The summed E-state index contributed by atoms with van der Waals surface area (Å²) in [7, 11) is 0. The summed E-state index contributed by atoms with van der Waals surface area (Å²) in [4.78, 5) is 68.4. The molecule has 8 aromatic rings. The lowest BCUT2D eigenvalue weighted by Gasteiger charge is -2.28. The number of ether oxygens (including phenoxy) is 4. The molecule has 8 rings (SSSR count). The summed E-state index contributed by atoms with van der Waals surface area (Å²) in [6, 6.07) is 36.0. The maximum absolute atomic E-state index is 14.2. The SMILES string of the molecule is Cc1cc2nc3cc(C)c(N(CCCCCCCCCCCCN(C(=O)OC(C)(C)C)c4ccc5nc6cc(C)c(NC(=O)OC(C)(C)C)cc6[n+](-c6ccccc6)c5c4C)C(=O)OC(C)(C)C)cc3[n+](-c3ccccc3)c2cc1NC(=O)OC(C)(C)C. The molecule has 0 radical (unpaired) electrons. The quantitative estimate of drug-likeness (QED) is 0.0344. The molecular weight excluding hydrogens is 1100 g/mol. The van der Waals surface area contributed by atoms with Gasteiger partial charge in [0.15, 0.2) is 0 Å². The Labute approximate surface area is 519 Å². The van der Waals surface area contributed by atoms with E-state index < -0.39 is 46.8 Å². The highest BCUT2D eigenvalue weighted by molar-refractivity contribution is 5.97. The van der Waals surface area contributed by atoms with Crippen LogP contribution in [0.4, 0.5) is 41.9 Å². The molecule has 0 saturated carbocycles. The maximum atomic E-state index is 14.2. The van der Waals surface area contributed by atoms with Crippen LogP contribution in [-0.4, -0.2) is 69.8 Å². The first-order valence-corrected chi connectivity index (χ1v) is 31.2. The molecule has 2 N–H and O–H groups in total. The van der Waals surface area contributed by atoms with Gasteiger partial charge >= 0.3 is 24.4 Å². The lowest BCUT2D eigenvalue weighted by atomic mass is 10.1. The monoisotopic (exact) mass is 1200 g/mol. The van der Waals surface area contributed by atoms with E-state index in [1.54, 1.807) is 9.80 Å². The number of aromatic nitrogens is 4. The predicted octanol–water partition coefficient (Wildman–Crippen LogP) is 17.7. The smallest absolute Gasteiger partial charge is 0.414 e. The van der Waals surface area contributed by atoms with Crippen LogP contribution >= 0.6 is 0 Å². The van der Waals surface area contributed by atoms with Gasteiger partial charge in [-0.05, 0) is 171 Å². The van der Waals surface area contributed by atoms with Crippen LogP contribution in [0.2, 0.25) is 0 Å². The van der Waals surface area contributed by atoms with Crippen molar-refractivity contribution in [3.8, 4) is 11.4 Å². The molecule has 0 unspecified atom stereocenters. The highest BCUT2D eigenvalue weighted by Gasteiger charge is 2.32. The molecule has 16 heteroatoms. The van der Waals surface area contributed by atoms with Crippen LogP contribution in [0.15, 0.2) is 109 Å². The standard InChI is InChI=1S/C72H90N8O8/c1-47-41-56-61(44-54(47)75-65(81)85-69(5,6)7)79(51-33-27-25-28-34-51)63-46-60(49(3)43-58(63)74-56)78(68(84)88-72(14,15)16)40-32-24-22-20-18-17-19-21-23-31-39-77(67(83)87-71(11,12)13)59-38-37-53-64(50(59)4)80(52-35-29-26-30-36-52)62-45-55(48(2)42-57(62)73-53)76-66(82)86-70(8,9)10/h25-30,33-38,41-46H,17-24,31-32,39-40H2,1-16H3/p+2. The zero-order chi connectivity index (χ0) is 63.9. The van der Waals surface area contributed by atoms with E-state index in [0.29, 0.717) is 24.5 Å². The van der Waals surface area contributed by atoms with Gasteiger partial charge in [0.05, 0.1) is 22.7 Å². The van der Waals surface area contributed by atoms with E-state index in [0.717, 1.165) is 153 Å². The van der Waals surface area contributed by atoms with Gasteiger partial charge in [-0.3, -0.25) is 20.4 Å². The third kappa shape index (κ3) is 17.0. The minimum atomic E-state index is -0.705. The van der Waals surface area contributed by atoms with E-state index in [-0.39, 0.29) is 0 Å². The Morgan fingerprint density at radius 1 is 0.409 bits per heavy atom. The average molecular weight is 1200 g/mol. The number of nitrogens with zero attached hydrogens (tertiary/aromatic N) is 6. The molecule has 2 aromatic heterocycles. The summed E-state index contributed by atoms with van der Waals surface area (Å²) in [6.45, 7) is 31.2. The van der Waals surface area contributed by atoms with Crippen molar-refractivity contribution >= 4 is 91.3 Å². The molecule has 2 heterocycles. The van der Waals surface area contributed by atoms with Gasteiger partial charge < -0.3 is 18.9 Å². The maximum Gasteiger partial charge on any atom is 0.414 e. The molecule has 0 spiro atoms. The predicted molar refractivity (Wildman–Crippen MR) is 354 cm³/mol. The molecule has 16 nitrogen and oxygen atoms in total. The topological polar surface area (TPSA) is 169 Å². The van der Waals surface area contributed by atoms with Crippen molar-refractivity contribution in [1.82, 2.24) is 9.97 Å². The summed E-state index contributed by atoms with van der Waals surface area (Å²) in [5.74, 6) is 0. The Morgan fingerprint density at radius 2 is 0.773 bits per heavy atom. The second-order valence-corrected chi connectivity index (χ2v) is 27.1. The fraction of sp³-hybridized carbons (Fsp3) is 0.444. The second-order valence-electron chi connectivity index (χ2n) is 27.1. The number of carbonyl (C=O) groups excluding carboxylic acids is 4. The lowest BCUT2D eigenvalue weighted by Crippen LogP contribution is -2.39. The van der Waals surface area contributed by atoms with E-state index in [9.17, 15) is 19.2 Å². The van der Waals surface area contributed by atoms with Crippen molar-refractivity contribution in [2.24, 2.45) is 0 Å². The number of unbranched alkanes of at least 4 members (excludes halogenated alkanes) is 9. The summed E-state index contributed by atoms with van der Waals surface area (Å²) >= 11 is 0. The zero-order valence-corrected chi connectivity index (χ0v) is 54.8. The highest BCUT2D eigenvalue weighted by Crippen LogP contribution is 2.34. The van der Waals surface area contributed by atoms with Gasteiger partial charge in [-0.25, -0.2) is 29.1 Å². The molecule has 0 atom stereocenters. The first kappa shape index (κ1) is 65.6. The molecule has 0 bridgehead atoms. The Morgan fingerprint density at radius 3 is 1.20 bits per heavy atom. The molecular formula is C72H92N8O8+2. The number of anilines is 4. The van der Waals surface area contributed by atoms with Crippen LogP contribution < -0.4 is 29.6 Å². The average Bonchev–Trinajstić information content (AvgIpc) is 0.785. The summed E-state index contributed by atoms with van der Waals surface area (Å²) in [5.41, 5.74) is 11.5. The number of fused-ring (bicyclic) bond motifs is 4. The normalized spacial score (nSPS) is 12.1.